The van der Waals surface area contributed by atoms with Crippen molar-refractivity contribution < 1.29 is 9.90 Å². The zero-order valence-corrected chi connectivity index (χ0v) is 9.76. The van der Waals surface area contributed by atoms with E-state index in [1.165, 1.54) is 0 Å². The zero-order chi connectivity index (χ0) is 10.7. The van der Waals surface area contributed by atoms with Gasteiger partial charge in [0.1, 0.15) is 0 Å². The molecule has 1 aromatic rings. The molecule has 0 aliphatic heterocycles. The van der Waals surface area contributed by atoms with Crippen LogP contribution in [0.5, 0.6) is 0 Å². The summed E-state index contributed by atoms with van der Waals surface area (Å²) in [6.45, 7) is 4.19. The molecule has 0 fully saturated rings. The molecule has 1 rings (SSSR count). The van der Waals surface area contributed by atoms with Crippen LogP contribution in [-0.2, 0) is 17.6 Å². The molecule has 0 spiro atoms. The van der Waals surface area contributed by atoms with Gasteiger partial charge in [0, 0.05) is 0 Å². The summed E-state index contributed by atoms with van der Waals surface area (Å²) in [5.74, 6) is -0.349. The third-order valence-electron chi connectivity index (χ3n) is 1.77. The van der Waals surface area contributed by atoms with Crippen molar-refractivity contribution in [1.29, 1.82) is 0 Å². The van der Waals surface area contributed by atoms with Crippen LogP contribution in [0.4, 0.5) is 0 Å². The minimum Gasteiger partial charge on any atom is -0.481 e. The van der Waals surface area contributed by atoms with E-state index in [0.717, 1.165) is 16.6 Å². The van der Waals surface area contributed by atoms with Gasteiger partial charge in [-0.25, -0.2) is 0 Å². The lowest BCUT2D eigenvalue weighted by atomic mass is 10.1. The summed E-state index contributed by atoms with van der Waals surface area (Å²) in [5, 5.41) is 15.4. The quantitative estimate of drug-likeness (QED) is 0.871. The van der Waals surface area contributed by atoms with Gasteiger partial charge in [-0.15, -0.1) is 0 Å². The molecule has 1 aromatic heterocycles. The first-order valence-electron chi connectivity index (χ1n) is 4.44. The molecule has 4 nitrogen and oxygen atoms in total. The van der Waals surface area contributed by atoms with Crippen molar-refractivity contribution in [1.82, 2.24) is 10.2 Å². The van der Waals surface area contributed by atoms with Crippen molar-refractivity contribution >= 4 is 21.9 Å². The van der Waals surface area contributed by atoms with Gasteiger partial charge in [0.25, 0.3) is 0 Å². The van der Waals surface area contributed by atoms with Gasteiger partial charge in [0.05, 0.1) is 22.3 Å². The van der Waals surface area contributed by atoms with Crippen molar-refractivity contribution in [3.8, 4) is 0 Å². The molecule has 0 saturated heterocycles. The zero-order valence-electron chi connectivity index (χ0n) is 8.17. The topological polar surface area (TPSA) is 66.0 Å². The van der Waals surface area contributed by atoms with Gasteiger partial charge in [-0.1, -0.05) is 13.8 Å². The minimum absolute atomic E-state index is 0.0221. The maximum Gasteiger partial charge on any atom is 0.309 e. The molecule has 0 unspecified atom stereocenters. The number of carboxylic acid groups (broad SMARTS) is 1. The lowest BCUT2D eigenvalue weighted by Gasteiger charge is -2.00. The minimum atomic E-state index is -0.856. The first-order valence-corrected chi connectivity index (χ1v) is 5.23. The molecule has 0 bridgehead atoms. The van der Waals surface area contributed by atoms with E-state index in [2.05, 4.69) is 40.0 Å². The standard InChI is InChI=1S/C9H13BrN2O2/c1-5(2)3-6-9(10)7(12-11-6)4-8(13)14/h5H,3-4H2,1-2H3,(H,11,12)(H,13,14). The Bertz CT molecular complexity index is 334. The number of H-pyrrole nitrogens is 1. The molecule has 14 heavy (non-hydrogen) atoms. The summed E-state index contributed by atoms with van der Waals surface area (Å²) < 4.78 is 0.800. The number of nitrogens with zero attached hydrogens (tertiary/aromatic N) is 1. The van der Waals surface area contributed by atoms with Crippen LogP contribution in [0.15, 0.2) is 4.47 Å². The monoisotopic (exact) mass is 260 g/mol. The largest absolute Gasteiger partial charge is 0.481 e. The third-order valence-corrected chi connectivity index (χ3v) is 2.71. The molecular weight excluding hydrogens is 248 g/mol. The SMILES string of the molecule is CC(C)Cc1n[nH]c(CC(=O)O)c1Br. The Hall–Kier alpha value is -0.840. The van der Waals surface area contributed by atoms with E-state index < -0.39 is 5.97 Å². The van der Waals surface area contributed by atoms with E-state index >= 15 is 0 Å². The van der Waals surface area contributed by atoms with Crippen molar-refractivity contribution in [2.24, 2.45) is 5.92 Å². The first-order chi connectivity index (χ1) is 6.50. The number of hydrogen-bond donors (Lipinski definition) is 2. The molecule has 1 heterocycles. The van der Waals surface area contributed by atoms with Crippen molar-refractivity contribution in [3.63, 3.8) is 0 Å². The number of aromatic amines is 1. The van der Waals surface area contributed by atoms with E-state index in [1.807, 2.05) is 0 Å². The van der Waals surface area contributed by atoms with E-state index in [1.54, 1.807) is 0 Å². The average molecular weight is 261 g/mol. The van der Waals surface area contributed by atoms with E-state index in [9.17, 15) is 4.79 Å². The second-order valence-electron chi connectivity index (χ2n) is 3.63. The number of halogens is 1. The molecule has 5 heteroatoms. The fourth-order valence-electron chi connectivity index (χ4n) is 1.20. The summed E-state index contributed by atoms with van der Waals surface area (Å²) in [6.07, 6.45) is 0.822. The van der Waals surface area contributed by atoms with Crippen LogP contribution >= 0.6 is 15.9 Å². The molecule has 0 aromatic carbocycles. The van der Waals surface area contributed by atoms with Gasteiger partial charge in [-0.2, -0.15) is 5.10 Å². The first kappa shape index (κ1) is 11.2. The fourth-order valence-corrected chi connectivity index (χ4v) is 1.68. The summed E-state index contributed by atoms with van der Waals surface area (Å²) in [5.41, 5.74) is 1.53. The second-order valence-corrected chi connectivity index (χ2v) is 4.42. The Morgan fingerprint density at radius 2 is 2.29 bits per heavy atom. The molecule has 2 N–H and O–H groups in total. The number of hydrogen-bond acceptors (Lipinski definition) is 2. The maximum atomic E-state index is 10.5. The van der Waals surface area contributed by atoms with Crippen LogP contribution in [-0.4, -0.2) is 21.3 Å². The van der Waals surface area contributed by atoms with E-state index in [0.29, 0.717) is 11.6 Å². The van der Waals surface area contributed by atoms with Crippen LogP contribution < -0.4 is 0 Å². The van der Waals surface area contributed by atoms with Crippen LogP contribution in [0, 0.1) is 5.92 Å². The molecule has 0 aliphatic rings. The lowest BCUT2D eigenvalue weighted by molar-refractivity contribution is -0.136. The number of rotatable bonds is 4. The maximum absolute atomic E-state index is 10.5. The molecular formula is C9H13BrN2O2. The highest BCUT2D eigenvalue weighted by Crippen LogP contribution is 2.21. The Balaban J connectivity index is 2.79. The summed E-state index contributed by atoms with van der Waals surface area (Å²) in [4.78, 5) is 10.5. The summed E-state index contributed by atoms with van der Waals surface area (Å²) >= 11 is 3.35. The average Bonchev–Trinajstić information content (AvgIpc) is 2.34. The number of nitrogens with one attached hydrogen (secondary N) is 1. The number of aromatic nitrogens is 2. The Morgan fingerprint density at radius 1 is 1.64 bits per heavy atom. The molecule has 0 amide bonds. The van der Waals surface area contributed by atoms with Gasteiger partial charge >= 0.3 is 5.97 Å². The van der Waals surface area contributed by atoms with Crippen LogP contribution in [0.1, 0.15) is 25.2 Å². The summed E-state index contributed by atoms with van der Waals surface area (Å²) in [6, 6.07) is 0. The molecule has 78 valence electrons. The summed E-state index contributed by atoms with van der Waals surface area (Å²) in [7, 11) is 0. The van der Waals surface area contributed by atoms with Gasteiger partial charge in [0.15, 0.2) is 0 Å². The van der Waals surface area contributed by atoms with Gasteiger partial charge in [0.2, 0.25) is 0 Å². The van der Waals surface area contributed by atoms with E-state index in [-0.39, 0.29) is 6.42 Å². The molecule has 0 radical (unpaired) electrons. The van der Waals surface area contributed by atoms with Crippen LogP contribution in [0.3, 0.4) is 0 Å². The van der Waals surface area contributed by atoms with Gasteiger partial charge in [-0.05, 0) is 28.3 Å². The predicted molar refractivity (Wildman–Crippen MR) is 56.2 cm³/mol. The highest BCUT2D eigenvalue weighted by atomic mass is 79.9. The normalized spacial score (nSPS) is 10.9. The predicted octanol–water partition coefficient (Wildman–Crippen LogP) is 2.00. The molecule has 0 saturated carbocycles. The lowest BCUT2D eigenvalue weighted by Crippen LogP contribution is -2.01. The smallest absolute Gasteiger partial charge is 0.309 e. The molecule has 0 aliphatic carbocycles. The Kier molecular flexibility index (Phi) is 3.69. The van der Waals surface area contributed by atoms with Crippen molar-refractivity contribution in [2.75, 3.05) is 0 Å². The van der Waals surface area contributed by atoms with Gasteiger partial charge < -0.3 is 5.11 Å². The van der Waals surface area contributed by atoms with Crippen molar-refractivity contribution in [3.05, 3.63) is 15.9 Å². The van der Waals surface area contributed by atoms with Gasteiger partial charge in [-0.3, -0.25) is 9.89 Å². The Labute approximate surface area is 90.8 Å². The fraction of sp³-hybridized carbons (Fsp3) is 0.556. The van der Waals surface area contributed by atoms with E-state index in [4.69, 9.17) is 5.11 Å². The third kappa shape index (κ3) is 2.83. The molecule has 0 atom stereocenters. The number of carboxylic acids is 1. The number of aliphatic carboxylic acids is 1. The van der Waals surface area contributed by atoms with Crippen molar-refractivity contribution in [2.45, 2.75) is 26.7 Å². The highest BCUT2D eigenvalue weighted by molar-refractivity contribution is 9.10. The second kappa shape index (κ2) is 4.59. The Morgan fingerprint density at radius 3 is 2.79 bits per heavy atom. The van der Waals surface area contributed by atoms with Crippen LogP contribution in [0.2, 0.25) is 0 Å². The highest BCUT2D eigenvalue weighted by Gasteiger charge is 2.13. The van der Waals surface area contributed by atoms with Crippen LogP contribution in [0.25, 0.3) is 0 Å². The number of carbonyl (C=O) groups is 1.